The van der Waals surface area contributed by atoms with Crippen LogP contribution >= 0.6 is 15.9 Å². The van der Waals surface area contributed by atoms with Crippen LogP contribution in [0.25, 0.3) is 11.1 Å². The lowest BCUT2D eigenvalue weighted by atomic mass is 10.1. The minimum absolute atomic E-state index is 0.0937. The first kappa shape index (κ1) is 14.9. The zero-order valence-electron chi connectivity index (χ0n) is 11.9. The summed E-state index contributed by atoms with van der Waals surface area (Å²) in [6.07, 6.45) is 3.68. The molecule has 0 unspecified atom stereocenters. The van der Waals surface area contributed by atoms with Crippen molar-refractivity contribution in [1.82, 2.24) is 15.3 Å². The highest BCUT2D eigenvalue weighted by Gasteiger charge is 2.17. The van der Waals surface area contributed by atoms with E-state index < -0.39 is 0 Å². The van der Waals surface area contributed by atoms with Crippen molar-refractivity contribution in [3.63, 3.8) is 0 Å². The molecule has 0 aliphatic heterocycles. The van der Waals surface area contributed by atoms with Gasteiger partial charge in [-0.3, -0.25) is 0 Å². The molecule has 106 valence electrons. The van der Waals surface area contributed by atoms with E-state index in [1.807, 2.05) is 43.7 Å². The molecule has 2 N–H and O–H groups in total. The Balaban J connectivity index is 2.17. The Morgan fingerprint density at radius 2 is 1.80 bits per heavy atom. The van der Waals surface area contributed by atoms with Crippen molar-refractivity contribution >= 4 is 21.9 Å². The third kappa shape index (κ3) is 3.77. The summed E-state index contributed by atoms with van der Waals surface area (Å²) in [6, 6.07) is 8.05. The van der Waals surface area contributed by atoms with Crippen molar-refractivity contribution in [3.8, 4) is 11.1 Å². The summed E-state index contributed by atoms with van der Waals surface area (Å²) in [5.74, 6) is 0.640. The van der Waals surface area contributed by atoms with E-state index in [0.29, 0.717) is 5.95 Å². The molecule has 20 heavy (non-hydrogen) atoms. The lowest BCUT2D eigenvalue weighted by Gasteiger charge is -2.25. The summed E-state index contributed by atoms with van der Waals surface area (Å²) < 4.78 is 1.04. The first-order valence-corrected chi connectivity index (χ1v) is 7.31. The number of aromatic nitrogens is 2. The van der Waals surface area contributed by atoms with Crippen LogP contribution in [0.1, 0.15) is 13.8 Å². The average Bonchev–Trinajstić information content (AvgIpc) is 2.40. The van der Waals surface area contributed by atoms with E-state index in [2.05, 4.69) is 50.4 Å². The third-order valence-electron chi connectivity index (χ3n) is 2.91. The third-order valence-corrected chi connectivity index (χ3v) is 3.60. The highest BCUT2D eigenvalue weighted by Crippen LogP contribution is 2.27. The Hall–Kier alpha value is -1.46. The summed E-state index contributed by atoms with van der Waals surface area (Å²) in [6.45, 7) is 5.05. The number of anilines is 1. The maximum absolute atomic E-state index is 4.39. The number of nitrogens with one attached hydrogen (secondary N) is 2. The molecule has 1 aromatic heterocycles. The van der Waals surface area contributed by atoms with E-state index in [1.165, 1.54) is 0 Å². The highest BCUT2D eigenvalue weighted by atomic mass is 79.9. The van der Waals surface area contributed by atoms with E-state index in [9.17, 15) is 0 Å². The van der Waals surface area contributed by atoms with E-state index in [1.54, 1.807) is 0 Å². The van der Waals surface area contributed by atoms with Gasteiger partial charge in [0.05, 0.1) is 0 Å². The van der Waals surface area contributed by atoms with Crippen molar-refractivity contribution in [1.29, 1.82) is 0 Å². The topological polar surface area (TPSA) is 49.8 Å². The van der Waals surface area contributed by atoms with Crippen LogP contribution < -0.4 is 10.6 Å². The van der Waals surface area contributed by atoms with Crippen LogP contribution in [0.3, 0.4) is 0 Å². The summed E-state index contributed by atoms with van der Waals surface area (Å²) in [4.78, 5) is 8.79. The molecular formula is C15H19BrN4. The van der Waals surface area contributed by atoms with Gasteiger partial charge in [-0.05, 0) is 32.5 Å². The molecule has 5 heteroatoms. The van der Waals surface area contributed by atoms with Gasteiger partial charge in [0.1, 0.15) is 0 Å². The number of rotatable bonds is 5. The van der Waals surface area contributed by atoms with Gasteiger partial charge < -0.3 is 10.6 Å². The molecule has 0 amide bonds. The molecule has 0 bridgehead atoms. The molecule has 2 aromatic rings. The van der Waals surface area contributed by atoms with Crippen LogP contribution in [-0.2, 0) is 0 Å². The van der Waals surface area contributed by atoms with Crippen molar-refractivity contribution in [2.45, 2.75) is 19.4 Å². The second-order valence-corrected chi connectivity index (χ2v) is 6.17. The summed E-state index contributed by atoms with van der Waals surface area (Å²) in [5, 5.41) is 6.46. The number of hydrogen-bond acceptors (Lipinski definition) is 4. The van der Waals surface area contributed by atoms with Gasteiger partial charge in [-0.2, -0.15) is 0 Å². The minimum atomic E-state index is -0.0937. The predicted octanol–water partition coefficient (Wildman–Crippen LogP) is 3.32. The maximum Gasteiger partial charge on any atom is 0.223 e. The molecule has 0 aliphatic rings. The quantitative estimate of drug-likeness (QED) is 0.880. The Bertz CT molecular complexity index is 566. The van der Waals surface area contributed by atoms with Gasteiger partial charge in [-0.15, -0.1) is 0 Å². The van der Waals surface area contributed by atoms with Crippen LogP contribution in [0, 0.1) is 0 Å². The van der Waals surface area contributed by atoms with Gasteiger partial charge in [-0.1, -0.05) is 34.1 Å². The van der Waals surface area contributed by atoms with Crippen molar-refractivity contribution in [2.24, 2.45) is 0 Å². The van der Waals surface area contributed by atoms with Crippen LogP contribution in [-0.4, -0.2) is 29.1 Å². The molecule has 1 heterocycles. The van der Waals surface area contributed by atoms with Gasteiger partial charge in [0.25, 0.3) is 0 Å². The Morgan fingerprint density at radius 3 is 2.40 bits per heavy atom. The smallest absolute Gasteiger partial charge is 0.223 e. The molecule has 0 saturated carbocycles. The fourth-order valence-electron chi connectivity index (χ4n) is 2.02. The molecule has 1 aromatic carbocycles. The molecule has 4 nitrogen and oxygen atoms in total. The Kier molecular flexibility index (Phi) is 4.73. The summed E-state index contributed by atoms with van der Waals surface area (Å²) in [5.41, 5.74) is 1.99. The predicted molar refractivity (Wildman–Crippen MR) is 86.8 cm³/mol. The fraction of sp³-hybridized carbons (Fsp3) is 0.333. The number of likely N-dealkylation sites (N-methyl/N-ethyl adjacent to an activating group) is 1. The lowest BCUT2D eigenvalue weighted by molar-refractivity contribution is 0.526. The summed E-state index contributed by atoms with van der Waals surface area (Å²) in [7, 11) is 1.93. The molecule has 0 saturated heterocycles. The largest absolute Gasteiger partial charge is 0.348 e. The van der Waals surface area contributed by atoms with Gasteiger partial charge in [0.2, 0.25) is 5.95 Å². The van der Waals surface area contributed by atoms with Gasteiger partial charge in [-0.25, -0.2) is 9.97 Å². The molecule has 2 rings (SSSR count). The highest BCUT2D eigenvalue weighted by molar-refractivity contribution is 9.10. The van der Waals surface area contributed by atoms with Crippen molar-refractivity contribution in [3.05, 3.63) is 41.1 Å². The number of halogens is 1. The van der Waals surface area contributed by atoms with Crippen LogP contribution in [0.4, 0.5) is 5.95 Å². The van der Waals surface area contributed by atoms with Crippen molar-refractivity contribution < 1.29 is 0 Å². The van der Waals surface area contributed by atoms with Gasteiger partial charge in [0.15, 0.2) is 0 Å². The Labute approximate surface area is 128 Å². The van der Waals surface area contributed by atoms with Crippen LogP contribution in [0.5, 0.6) is 0 Å². The van der Waals surface area contributed by atoms with E-state index in [0.717, 1.165) is 22.1 Å². The molecule has 0 radical (unpaired) electrons. The first-order valence-electron chi connectivity index (χ1n) is 6.51. The first-order chi connectivity index (χ1) is 9.52. The maximum atomic E-state index is 4.39. The second-order valence-electron chi connectivity index (χ2n) is 5.31. The average molecular weight is 335 g/mol. The monoisotopic (exact) mass is 334 g/mol. The van der Waals surface area contributed by atoms with E-state index in [-0.39, 0.29) is 5.54 Å². The Morgan fingerprint density at radius 1 is 1.15 bits per heavy atom. The van der Waals surface area contributed by atoms with Crippen LogP contribution in [0.15, 0.2) is 41.1 Å². The number of benzene rings is 1. The minimum Gasteiger partial charge on any atom is -0.348 e. The van der Waals surface area contributed by atoms with Crippen molar-refractivity contribution in [2.75, 3.05) is 18.9 Å². The van der Waals surface area contributed by atoms with E-state index >= 15 is 0 Å². The lowest BCUT2D eigenvalue weighted by Crippen LogP contribution is -2.41. The van der Waals surface area contributed by atoms with E-state index in [4.69, 9.17) is 0 Å². The standard InChI is InChI=1S/C15H19BrN4/c1-15(2,10-17-3)20-14-18-8-11(9-19-14)12-6-4-5-7-13(12)16/h4-9,17H,10H2,1-3H3,(H,18,19,20). The number of nitrogens with zero attached hydrogens (tertiary/aromatic N) is 2. The SMILES string of the molecule is CNCC(C)(C)Nc1ncc(-c2ccccc2Br)cn1. The normalized spacial score (nSPS) is 11.4. The summed E-state index contributed by atoms with van der Waals surface area (Å²) >= 11 is 3.54. The van der Waals surface area contributed by atoms with Crippen LogP contribution in [0.2, 0.25) is 0 Å². The zero-order valence-corrected chi connectivity index (χ0v) is 13.5. The zero-order chi connectivity index (χ0) is 14.6. The number of hydrogen-bond donors (Lipinski definition) is 2. The van der Waals surface area contributed by atoms with Gasteiger partial charge in [0, 0.05) is 34.5 Å². The molecular weight excluding hydrogens is 316 g/mol. The van der Waals surface area contributed by atoms with Gasteiger partial charge >= 0.3 is 0 Å². The fourth-order valence-corrected chi connectivity index (χ4v) is 2.53. The molecule has 0 fully saturated rings. The molecule has 0 spiro atoms. The second kappa shape index (κ2) is 6.33. The molecule has 0 atom stereocenters. The molecule has 0 aliphatic carbocycles.